The summed E-state index contributed by atoms with van der Waals surface area (Å²) in [7, 11) is 0. The molecule has 42 heavy (non-hydrogen) atoms. The molecule has 4 nitrogen and oxygen atoms in total. The molecule has 0 aliphatic heterocycles. The monoisotopic (exact) mass is 546 g/mol. The van der Waals surface area contributed by atoms with Gasteiger partial charge in [-0.3, -0.25) is 4.98 Å². The lowest BCUT2D eigenvalue weighted by Gasteiger charge is -2.14. The molecular weight excluding hydrogens is 516 g/mol. The van der Waals surface area contributed by atoms with Crippen LogP contribution in [0.2, 0.25) is 0 Å². The van der Waals surface area contributed by atoms with E-state index in [1.54, 1.807) is 0 Å². The van der Waals surface area contributed by atoms with E-state index in [0.717, 1.165) is 66.5 Å². The molecule has 4 heteroatoms. The number of rotatable bonds is 7. The molecule has 0 radical (unpaired) electrons. The van der Waals surface area contributed by atoms with Crippen molar-refractivity contribution in [1.29, 1.82) is 0 Å². The Kier molecular flexibility index (Phi) is 6.73. The summed E-state index contributed by atoms with van der Waals surface area (Å²) in [5.41, 5.74) is 8.32. The second kappa shape index (κ2) is 11.0. The molecule has 1 heterocycles. The molecule has 204 valence electrons. The lowest BCUT2D eigenvalue weighted by Crippen LogP contribution is -1.98. The van der Waals surface area contributed by atoms with Crippen LogP contribution in [0.15, 0.2) is 121 Å². The summed E-state index contributed by atoms with van der Waals surface area (Å²) in [5.74, 6) is 1.72. The van der Waals surface area contributed by atoms with Crippen molar-refractivity contribution in [3.8, 4) is 22.8 Å². The quantitative estimate of drug-likeness (QED) is 0.187. The highest BCUT2D eigenvalue weighted by Crippen LogP contribution is 2.36. The molecular formula is C38H30N2O2. The van der Waals surface area contributed by atoms with Crippen molar-refractivity contribution in [2.75, 3.05) is 0 Å². The van der Waals surface area contributed by atoms with Crippen LogP contribution in [0.4, 0.5) is 0 Å². The van der Waals surface area contributed by atoms with Gasteiger partial charge in [0.15, 0.2) is 0 Å². The van der Waals surface area contributed by atoms with Crippen molar-refractivity contribution in [1.82, 2.24) is 9.97 Å². The van der Waals surface area contributed by atoms with Crippen LogP contribution in [-0.4, -0.2) is 9.97 Å². The van der Waals surface area contributed by atoms with E-state index in [1.165, 1.54) is 11.1 Å². The largest absolute Gasteiger partial charge is 0.489 e. The van der Waals surface area contributed by atoms with Gasteiger partial charge in [0.2, 0.25) is 0 Å². The maximum Gasteiger partial charge on any atom is 0.119 e. The number of aromatic nitrogens is 2. The van der Waals surface area contributed by atoms with Gasteiger partial charge in [-0.05, 0) is 72.1 Å². The highest BCUT2D eigenvalue weighted by Gasteiger charge is 2.14. The Labute approximate surface area is 245 Å². The van der Waals surface area contributed by atoms with Gasteiger partial charge in [0, 0.05) is 16.3 Å². The Morgan fingerprint density at radius 2 is 1.05 bits per heavy atom. The lowest BCUT2D eigenvalue weighted by atomic mass is 9.96. The van der Waals surface area contributed by atoms with E-state index in [4.69, 9.17) is 19.4 Å². The molecule has 0 unspecified atom stereocenters. The molecule has 0 atom stereocenters. The summed E-state index contributed by atoms with van der Waals surface area (Å²) in [6.45, 7) is 5.11. The van der Waals surface area contributed by atoms with E-state index >= 15 is 0 Å². The second-order valence-corrected chi connectivity index (χ2v) is 10.8. The summed E-state index contributed by atoms with van der Waals surface area (Å²) in [4.78, 5) is 10.1. The maximum atomic E-state index is 6.14. The smallest absolute Gasteiger partial charge is 0.119 e. The van der Waals surface area contributed by atoms with Crippen molar-refractivity contribution in [2.24, 2.45) is 0 Å². The normalized spacial score (nSPS) is 11.3. The van der Waals surface area contributed by atoms with Crippen LogP contribution >= 0.6 is 0 Å². The fraction of sp³-hybridized carbons (Fsp3) is 0.105. The van der Waals surface area contributed by atoms with E-state index in [-0.39, 0.29) is 0 Å². The molecule has 0 bridgehead atoms. The van der Waals surface area contributed by atoms with Gasteiger partial charge in [0.25, 0.3) is 0 Å². The van der Waals surface area contributed by atoms with Crippen LogP contribution in [-0.2, 0) is 13.2 Å². The first kappa shape index (κ1) is 25.7. The van der Waals surface area contributed by atoms with Crippen LogP contribution in [0, 0.1) is 13.8 Å². The van der Waals surface area contributed by atoms with Crippen molar-refractivity contribution < 1.29 is 9.47 Å². The highest BCUT2D eigenvalue weighted by atomic mass is 16.5. The van der Waals surface area contributed by atoms with Gasteiger partial charge in [-0.25, -0.2) is 4.98 Å². The Bertz CT molecular complexity index is 2030. The summed E-state index contributed by atoms with van der Waals surface area (Å²) in [5, 5.41) is 4.39. The van der Waals surface area contributed by atoms with Gasteiger partial charge in [-0.2, -0.15) is 0 Å². The second-order valence-electron chi connectivity index (χ2n) is 10.8. The first-order chi connectivity index (χ1) is 20.6. The van der Waals surface area contributed by atoms with Crippen molar-refractivity contribution >= 4 is 32.6 Å². The average molecular weight is 547 g/mol. The third-order valence-electron chi connectivity index (χ3n) is 7.66. The third-order valence-corrected chi connectivity index (χ3v) is 7.66. The Balaban J connectivity index is 1.34. The fourth-order valence-electron chi connectivity index (χ4n) is 5.35. The van der Waals surface area contributed by atoms with Crippen LogP contribution in [0.1, 0.15) is 22.3 Å². The highest BCUT2D eigenvalue weighted by molar-refractivity contribution is 6.23. The first-order valence-corrected chi connectivity index (χ1v) is 14.2. The van der Waals surface area contributed by atoms with Gasteiger partial charge in [-0.15, -0.1) is 0 Å². The molecule has 0 saturated heterocycles. The molecule has 0 fully saturated rings. The number of nitrogens with zero attached hydrogens (tertiary/aromatic N) is 2. The van der Waals surface area contributed by atoms with Gasteiger partial charge in [0.1, 0.15) is 24.7 Å². The lowest BCUT2D eigenvalue weighted by molar-refractivity contribution is 0.306. The number of aryl methyl sites for hydroxylation is 2. The molecule has 0 aliphatic rings. The summed E-state index contributed by atoms with van der Waals surface area (Å²) in [6, 6.07) is 39.5. The van der Waals surface area contributed by atoms with Crippen LogP contribution < -0.4 is 9.47 Å². The molecule has 0 spiro atoms. The fourth-order valence-corrected chi connectivity index (χ4v) is 5.35. The molecule has 6 aromatic carbocycles. The molecule has 0 N–H and O–H groups in total. The Morgan fingerprint density at radius 1 is 0.524 bits per heavy atom. The predicted molar refractivity (Wildman–Crippen MR) is 171 cm³/mol. The van der Waals surface area contributed by atoms with Gasteiger partial charge < -0.3 is 9.47 Å². The van der Waals surface area contributed by atoms with E-state index in [9.17, 15) is 0 Å². The Hall–Kier alpha value is -5.22. The summed E-state index contributed by atoms with van der Waals surface area (Å²) >= 11 is 0. The van der Waals surface area contributed by atoms with E-state index in [0.29, 0.717) is 13.2 Å². The number of benzene rings is 6. The molecule has 7 rings (SSSR count). The van der Waals surface area contributed by atoms with Gasteiger partial charge in [-0.1, -0.05) is 90.0 Å². The van der Waals surface area contributed by atoms with Crippen LogP contribution in [0.5, 0.6) is 11.5 Å². The van der Waals surface area contributed by atoms with Crippen LogP contribution in [0.3, 0.4) is 0 Å². The molecule has 0 amide bonds. The van der Waals surface area contributed by atoms with E-state index in [1.807, 2.05) is 48.7 Å². The topological polar surface area (TPSA) is 44.2 Å². The standard InChI is InChI=1S/C38H30N2O2/c1-25-8-14-30(15-9-25)41-23-27-12-18-32-34(20-27)35-21-28(24-42-31-16-10-26(2)11-17-31)13-19-33(35)38-37(32)39-22-36(40-38)29-6-4-3-5-7-29/h3-22H,23-24H2,1-2H3. The minimum Gasteiger partial charge on any atom is -0.489 e. The molecule has 7 aromatic rings. The zero-order chi connectivity index (χ0) is 28.5. The van der Waals surface area contributed by atoms with Crippen LogP contribution in [0.25, 0.3) is 43.8 Å². The molecule has 0 saturated carbocycles. The average Bonchev–Trinajstić information content (AvgIpc) is 3.04. The minimum atomic E-state index is 0.477. The summed E-state index contributed by atoms with van der Waals surface area (Å²) < 4.78 is 12.3. The van der Waals surface area contributed by atoms with Crippen molar-refractivity contribution in [3.63, 3.8) is 0 Å². The third kappa shape index (κ3) is 5.15. The Morgan fingerprint density at radius 3 is 1.60 bits per heavy atom. The number of fused-ring (bicyclic) bond motifs is 6. The minimum absolute atomic E-state index is 0.477. The van der Waals surface area contributed by atoms with E-state index < -0.39 is 0 Å². The van der Waals surface area contributed by atoms with E-state index in [2.05, 4.69) is 86.6 Å². The van der Waals surface area contributed by atoms with Gasteiger partial charge >= 0.3 is 0 Å². The first-order valence-electron chi connectivity index (χ1n) is 14.2. The molecule has 0 aliphatic carbocycles. The van der Waals surface area contributed by atoms with Crippen molar-refractivity contribution in [2.45, 2.75) is 27.1 Å². The zero-order valence-corrected chi connectivity index (χ0v) is 23.7. The van der Waals surface area contributed by atoms with Gasteiger partial charge in [0.05, 0.1) is 22.9 Å². The summed E-state index contributed by atoms with van der Waals surface area (Å²) in [6.07, 6.45) is 1.88. The maximum absolute atomic E-state index is 6.14. The number of hydrogen-bond donors (Lipinski definition) is 0. The molecule has 1 aromatic heterocycles. The predicted octanol–water partition coefficient (Wildman–Crippen LogP) is 9.38. The SMILES string of the molecule is Cc1ccc(OCc2ccc3c(c2)c2cc(COc4ccc(C)cc4)ccc2c2nc(-c4ccccc4)cnc32)cc1. The zero-order valence-electron chi connectivity index (χ0n) is 23.7. The number of ether oxygens (including phenoxy) is 2. The van der Waals surface area contributed by atoms with Crippen molar-refractivity contribution in [3.05, 3.63) is 144 Å². The number of hydrogen-bond acceptors (Lipinski definition) is 4.